The number of hydrogen-bond donors (Lipinski definition) is 1. The smallest absolute Gasteiger partial charge is 0.282 e. The number of phenolic OH excluding ortho intramolecular Hbond substituents is 1. The maximum absolute atomic E-state index is 12.6. The van der Waals surface area contributed by atoms with Crippen molar-refractivity contribution in [3.63, 3.8) is 0 Å². The highest BCUT2D eigenvalue weighted by atomic mass is 79.9. The summed E-state index contributed by atoms with van der Waals surface area (Å²) in [4.78, 5) is 17.0. The van der Waals surface area contributed by atoms with Crippen LogP contribution >= 0.6 is 47.8 Å². The highest BCUT2D eigenvalue weighted by molar-refractivity contribution is 9.11. The summed E-state index contributed by atoms with van der Waals surface area (Å²) < 4.78 is 3.31. The molecule has 0 amide bonds. The van der Waals surface area contributed by atoms with E-state index in [1.165, 1.54) is 10.9 Å². The Bertz CT molecular complexity index is 1040. The molecule has 0 saturated carbocycles. The van der Waals surface area contributed by atoms with Crippen molar-refractivity contribution in [2.24, 2.45) is 5.10 Å². The number of aromatic nitrogens is 2. The molecule has 0 unspecified atom stereocenters. The monoisotopic (exact) mass is 513 g/mol. The second-order valence-electron chi connectivity index (χ2n) is 5.01. The van der Waals surface area contributed by atoms with Crippen molar-refractivity contribution in [3.05, 3.63) is 65.5 Å². The van der Waals surface area contributed by atoms with Crippen molar-refractivity contribution in [2.75, 3.05) is 0 Å². The van der Waals surface area contributed by atoms with E-state index in [2.05, 4.69) is 57.9 Å². The molecular formula is C16H10Br3N3O2. The molecule has 3 rings (SSSR count). The zero-order valence-electron chi connectivity index (χ0n) is 12.3. The van der Waals surface area contributed by atoms with Gasteiger partial charge in [0.25, 0.3) is 5.56 Å². The molecule has 8 heteroatoms. The topological polar surface area (TPSA) is 67.5 Å². The normalized spacial score (nSPS) is 11.5. The SMILES string of the molecule is Cc1nc2ccc(Br)cc2c(=O)n1/N=C/c1cc(Br)cc(Br)c1O. The fraction of sp³-hybridized carbons (Fsp3) is 0.0625. The zero-order valence-corrected chi connectivity index (χ0v) is 17.1. The molecule has 24 heavy (non-hydrogen) atoms. The lowest BCUT2D eigenvalue weighted by Crippen LogP contribution is -2.20. The van der Waals surface area contributed by atoms with Crippen LogP contribution in [-0.4, -0.2) is 21.0 Å². The number of hydrogen-bond acceptors (Lipinski definition) is 4. The van der Waals surface area contributed by atoms with Gasteiger partial charge in [0.05, 0.1) is 21.6 Å². The third-order valence-electron chi connectivity index (χ3n) is 3.34. The maximum Gasteiger partial charge on any atom is 0.282 e. The molecule has 5 nitrogen and oxygen atoms in total. The molecule has 0 aliphatic rings. The van der Waals surface area contributed by atoms with Crippen LogP contribution in [-0.2, 0) is 0 Å². The summed E-state index contributed by atoms with van der Waals surface area (Å²) in [6, 6.07) is 8.75. The molecule has 0 bridgehead atoms. The van der Waals surface area contributed by atoms with Crippen molar-refractivity contribution >= 4 is 64.9 Å². The summed E-state index contributed by atoms with van der Waals surface area (Å²) in [5.74, 6) is 0.503. The Morgan fingerprint density at radius 3 is 2.67 bits per heavy atom. The average Bonchev–Trinajstić information content (AvgIpc) is 2.52. The van der Waals surface area contributed by atoms with Crippen molar-refractivity contribution in [3.8, 4) is 5.75 Å². The predicted molar refractivity (Wildman–Crippen MR) is 105 cm³/mol. The summed E-state index contributed by atoms with van der Waals surface area (Å²) in [5.41, 5.74) is 0.806. The van der Waals surface area contributed by atoms with E-state index in [1.807, 2.05) is 6.07 Å². The third kappa shape index (κ3) is 3.31. The van der Waals surface area contributed by atoms with E-state index in [-0.39, 0.29) is 11.3 Å². The number of rotatable bonds is 2. The Morgan fingerprint density at radius 1 is 1.17 bits per heavy atom. The van der Waals surface area contributed by atoms with Gasteiger partial charge in [0.15, 0.2) is 0 Å². The van der Waals surface area contributed by atoms with E-state index in [4.69, 9.17) is 0 Å². The Balaban J connectivity index is 2.15. The fourth-order valence-electron chi connectivity index (χ4n) is 2.20. The lowest BCUT2D eigenvalue weighted by atomic mass is 10.2. The molecule has 122 valence electrons. The third-order valence-corrected chi connectivity index (χ3v) is 4.90. The molecule has 0 fully saturated rings. The highest BCUT2D eigenvalue weighted by Crippen LogP contribution is 2.30. The molecule has 0 atom stereocenters. The van der Waals surface area contributed by atoms with E-state index >= 15 is 0 Å². The van der Waals surface area contributed by atoms with Crippen LogP contribution in [0.25, 0.3) is 10.9 Å². The molecular weight excluding hydrogens is 506 g/mol. The maximum atomic E-state index is 12.6. The lowest BCUT2D eigenvalue weighted by Gasteiger charge is -2.06. The Kier molecular flexibility index (Phi) is 4.89. The Labute approximate surface area is 162 Å². The van der Waals surface area contributed by atoms with Gasteiger partial charge in [-0.2, -0.15) is 9.78 Å². The molecule has 2 aromatic carbocycles. The van der Waals surface area contributed by atoms with Gasteiger partial charge in [0.2, 0.25) is 0 Å². The van der Waals surface area contributed by atoms with Crippen LogP contribution in [0.3, 0.4) is 0 Å². The van der Waals surface area contributed by atoms with E-state index in [1.54, 1.807) is 31.2 Å². The van der Waals surface area contributed by atoms with E-state index in [0.29, 0.717) is 26.8 Å². The number of fused-ring (bicyclic) bond motifs is 1. The molecule has 0 spiro atoms. The molecule has 1 heterocycles. The fourth-order valence-corrected chi connectivity index (χ4v) is 3.82. The number of aryl methyl sites for hydroxylation is 1. The second-order valence-corrected chi connectivity index (χ2v) is 7.69. The molecule has 1 N–H and O–H groups in total. The Hall–Kier alpha value is -1.51. The summed E-state index contributed by atoms with van der Waals surface area (Å²) >= 11 is 9.97. The molecule has 0 saturated heterocycles. The molecule has 1 aromatic heterocycles. The minimum absolute atomic E-state index is 0.0455. The van der Waals surface area contributed by atoms with Gasteiger partial charge >= 0.3 is 0 Å². The lowest BCUT2D eigenvalue weighted by molar-refractivity contribution is 0.471. The first kappa shape index (κ1) is 17.3. The summed E-state index contributed by atoms with van der Waals surface area (Å²) in [5, 5.41) is 14.7. The molecule has 0 aliphatic heterocycles. The summed E-state index contributed by atoms with van der Waals surface area (Å²) in [7, 11) is 0. The van der Waals surface area contributed by atoms with E-state index in [9.17, 15) is 9.90 Å². The van der Waals surface area contributed by atoms with Gasteiger partial charge in [0, 0.05) is 14.5 Å². The summed E-state index contributed by atoms with van der Waals surface area (Å²) in [6.07, 6.45) is 1.42. The number of benzene rings is 2. The van der Waals surface area contributed by atoms with Crippen LogP contribution in [0.15, 0.2) is 53.6 Å². The zero-order chi connectivity index (χ0) is 17.4. The van der Waals surface area contributed by atoms with Crippen molar-refractivity contribution < 1.29 is 5.11 Å². The molecule has 0 radical (unpaired) electrons. The predicted octanol–water partition coefficient (Wildman–Crippen LogP) is 4.58. The van der Waals surface area contributed by atoms with Gasteiger partial charge in [-0.3, -0.25) is 4.79 Å². The second kappa shape index (κ2) is 6.78. The van der Waals surface area contributed by atoms with Crippen molar-refractivity contribution in [2.45, 2.75) is 6.92 Å². The van der Waals surface area contributed by atoms with Gasteiger partial charge in [-0.1, -0.05) is 31.9 Å². The summed E-state index contributed by atoms with van der Waals surface area (Å²) in [6.45, 7) is 1.71. The van der Waals surface area contributed by atoms with Gasteiger partial charge in [-0.15, -0.1) is 0 Å². The first-order valence-electron chi connectivity index (χ1n) is 6.78. The van der Waals surface area contributed by atoms with Crippen LogP contribution in [0.1, 0.15) is 11.4 Å². The number of halogens is 3. The number of phenols is 1. The Morgan fingerprint density at radius 2 is 1.92 bits per heavy atom. The van der Waals surface area contributed by atoms with Gasteiger partial charge in [-0.25, -0.2) is 4.98 Å². The van der Waals surface area contributed by atoms with E-state index < -0.39 is 0 Å². The number of nitrogens with zero attached hydrogens (tertiary/aromatic N) is 3. The quantitative estimate of drug-likeness (QED) is 0.508. The van der Waals surface area contributed by atoms with Crippen molar-refractivity contribution in [1.29, 1.82) is 0 Å². The standard InChI is InChI=1S/C16H10Br3N3O2/c1-8-21-14-3-2-10(17)5-12(14)16(24)22(8)20-7-9-4-11(18)6-13(19)15(9)23/h2-7,23H,1H3/b20-7+. The molecule has 3 aromatic rings. The van der Waals surface area contributed by atoms with E-state index in [0.717, 1.165) is 8.95 Å². The van der Waals surface area contributed by atoms with Crippen LogP contribution in [0.5, 0.6) is 5.75 Å². The first-order valence-corrected chi connectivity index (χ1v) is 9.16. The minimum Gasteiger partial charge on any atom is -0.506 e. The van der Waals surface area contributed by atoms with Crippen LogP contribution in [0.2, 0.25) is 0 Å². The minimum atomic E-state index is -0.274. The van der Waals surface area contributed by atoms with Gasteiger partial charge in [0.1, 0.15) is 11.6 Å². The molecule has 0 aliphatic carbocycles. The van der Waals surface area contributed by atoms with Gasteiger partial charge in [-0.05, 0) is 53.2 Å². The van der Waals surface area contributed by atoms with Crippen molar-refractivity contribution in [1.82, 2.24) is 9.66 Å². The average molecular weight is 516 g/mol. The van der Waals surface area contributed by atoms with Gasteiger partial charge < -0.3 is 5.11 Å². The largest absolute Gasteiger partial charge is 0.506 e. The van der Waals surface area contributed by atoms with Crippen LogP contribution in [0.4, 0.5) is 0 Å². The first-order chi connectivity index (χ1) is 11.4. The van der Waals surface area contributed by atoms with Crippen LogP contribution < -0.4 is 5.56 Å². The highest BCUT2D eigenvalue weighted by Gasteiger charge is 2.09. The number of aromatic hydroxyl groups is 1. The van der Waals surface area contributed by atoms with Crippen LogP contribution in [0, 0.1) is 6.92 Å².